The van der Waals surface area contributed by atoms with Crippen molar-refractivity contribution in [2.45, 2.75) is 4.90 Å². The van der Waals surface area contributed by atoms with Gasteiger partial charge in [0, 0.05) is 12.3 Å². The third-order valence-electron chi connectivity index (χ3n) is 2.05. The molecule has 0 atom stereocenters. The molecular formula is C10H6ClF2N3O2S. The molecule has 0 amide bonds. The third-order valence-corrected chi connectivity index (χ3v) is 3.62. The number of hydrogen-bond donors (Lipinski definition) is 1. The lowest BCUT2D eigenvalue weighted by Gasteiger charge is -2.07. The van der Waals surface area contributed by atoms with E-state index in [1.807, 2.05) is 4.72 Å². The molecule has 2 aromatic rings. The summed E-state index contributed by atoms with van der Waals surface area (Å²) in [5.41, 5.74) is 0. The Hall–Kier alpha value is -1.80. The van der Waals surface area contributed by atoms with Crippen LogP contribution in [0.1, 0.15) is 0 Å². The van der Waals surface area contributed by atoms with Gasteiger partial charge in [0.1, 0.15) is 22.3 Å². The Morgan fingerprint density at radius 2 is 1.95 bits per heavy atom. The van der Waals surface area contributed by atoms with Crippen LogP contribution in [0, 0.1) is 11.6 Å². The zero-order valence-corrected chi connectivity index (χ0v) is 10.7. The molecule has 1 heterocycles. The number of rotatable bonds is 3. The van der Waals surface area contributed by atoms with Gasteiger partial charge in [-0.05, 0) is 29.8 Å². The standard InChI is InChI=1S/C10H6ClF2N3O2S/c11-10-14-4-3-9(15-10)16-19(17,18)8-2-1-6(12)5-7(8)13/h1-5H,(H,14,15,16). The molecule has 9 heteroatoms. The molecule has 0 bridgehead atoms. The van der Waals surface area contributed by atoms with Gasteiger partial charge in [-0.15, -0.1) is 0 Å². The third kappa shape index (κ3) is 3.15. The highest BCUT2D eigenvalue weighted by Crippen LogP contribution is 2.18. The highest BCUT2D eigenvalue weighted by atomic mass is 35.5. The maximum absolute atomic E-state index is 13.4. The maximum Gasteiger partial charge on any atom is 0.265 e. The lowest BCUT2D eigenvalue weighted by molar-refractivity contribution is 0.551. The molecule has 100 valence electrons. The van der Waals surface area contributed by atoms with Crippen LogP contribution in [0.25, 0.3) is 0 Å². The summed E-state index contributed by atoms with van der Waals surface area (Å²) in [7, 11) is -4.22. The number of hydrogen-bond acceptors (Lipinski definition) is 4. The molecule has 0 radical (unpaired) electrons. The molecule has 0 saturated carbocycles. The largest absolute Gasteiger partial charge is 0.265 e. The van der Waals surface area contributed by atoms with Crippen molar-refractivity contribution in [3.05, 3.63) is 47.4 Å². The molecule has 1 aromatic heterocycles. The van der Waals surface area contributed by atoms with E-state index in [1.54, 1.807) is 0 Å². The number of nitrogens with one attached hydrogen (secondary N) is 1. The van der Waals surface area contributed by atoms with Crippen LogP contribution in [0.15, 0.2) is 35.4 Å². The molecule has 0 fully saturated rings. The van der Waals surface area contributed by atoms with Crippen molar-refractivity contribution in [2.24, 2.45) is 0 Å². The van der Waals surface area contributed by atoms with Crippen molar-refractivity contribution in [1.82, 2.24) is 9.97 Å². The van der Waals surface area contributed by atoms with E-state index in [9.17, 15) is 17.2 Å². The van der Waals surface area contributed by atoms with Gasteiger partial charge in [-0.2, -0.15) is 4.98 Å². The molecule has 19 heavy (non-hydrogen) atoms. The number of aromatic nitrogens is 2. The lowest BCUT2D eigenvalue weighted by atomic mass is 10.3. The quantitative estimate of drug-likeness (QED) is 0.883. The minimum atomic E-state index is -4.22. The van der Waals surface area contributed by atoms with Gasteiger partial charge in [-0.1, -0.05) is 0 Å². The lowest BCUT2D eigenvalue weighted by Crippen LogP contribution is -2.15. The monoisotopic (exact) mass is 305 g/mol. The smallest absolute Gasteiger partial charge is 0.263 e. The Balaban J connectivity index is 2.38. The molecule has 0 saturated heterocycles. The predicted octanol–water partition coefficient (Wildman–Crippen LogP) is 2.21. The summed E-state index contributed by atoms with van der Waals surface area (Å²) in [5, 5.41) is -0.167. The number of anilines is 1. The zero-order chi connectivity index (χ0) is 14.0. The van der Waals surface area contributed by atoms with Gasteiger partial charge in [0.05, 0.1) is 0 Å². The second-order valence-corrected chi connectivity index (χ2v) is 5.38. The van der Waals surface area contributed by atoms with E-state index in [4.69, 9.17) is 11.6 Å². The van der Waals surface area contributed by atoms with Gasteiger partial charge in [0.15, 0.2) is 0 Å². The normalized spacial score (nSPS) is 11.3. The maximum atomic E-state index is 13.4. The summed E-state index contributed by atoms with van der Waals surface area (Å²) >= 11 is 5.49. The van der Waals surface area contributed by atoms with Crippen LogP contribution >= 0.6 is 11.6 Å². The van der Waals surface area contributed by atoms with Crippen LogP contribution in [-0.2, 0) is 10.0 Å². The van der Waals surface area contributed by atoms with Crippen LogP contribution < -0.4 is 4.72 Å². The highest BCUT2D eigenvalue weighted by molar-refractivity contribution is 7.92. The van der Waals surface area contributed by atoms with Gasteiger partial charge >= 0.3 is 0 Å². The first-order chi connectivity index (χ1) is 8.88. The van der Waals surface area contributed by atoms with E-state index < -0.39 is 26.6 Å². The number of halogens is 3. The van der Waals surface area contributed by atoms with Gasteiger partial charge < -0.3 is 0 Å². The summed E-state index contributed by atoms with van der Waals surface area (Å²) in [6.07, 6.45) is 1.23. The molecule has 0 unspecified atom stereocenters. The predicted molar refractivity (Wildman–Crippen MR) is 64.2 cm³/mol. The fourth-order valence-electron chi connectivity index (χ4n) is 1.28. The van der Waals surface area contributed by atoms with Gasteiger partial charge in [0.2, 0.25) is 5.28 Å². The molecule has 1 N–H and O–H groups in total. The van der Waals surface area contributed by atoms with Gasteiger partial charge in [0.25, 0.3) is 10.0 Å². The number of sulfonamides is 1. The molecule has 1 aromatic carbocycles. The average molecular weight is 306 g/mol. The average Bonchev–Trinajstić information content (AvgIpc) is 2.27. The molecule has 2 rings (SSSR count). The second kappa shape index (κ2) is 5.06. The van der Waals surface area contributed by atoms with Crippen molar-refractivity contribution < 1.29 is 17.2 Å². The van der Waals surface area contributed by atoms with E-state index in [0.717, 1.165) is 12.1 Å². The Morgan fingerprint density at radius 3 is 2.58 bits per heavy atom. The summed E-state index contributed by atoms with van der Waals surface area (Å²) < 4.78 is 51.9. The molecule has 0 aliphatic carbocycles. The molecule has 0 aliphatic rings. The fraction of sp³-hybridized carbons (Fsp3) is 0. The van der Waals surface area contributed by atoms with Crippen molar-refractivity contribution >= 4 is 27.4 Å². The Kier molecular flexibility index (Phi) is 3.63. The van der Waals surface area contributed by atoms with Gasteiger partial charge in [-0.25, -0.2) is 22.2 Å². The summed E-state index contributed by atoms with van der Waals surface area (Å²) in [6.45, 7) is 0. The first-order valence-electron chi connectivity index (χ1n) is 4.85. The Morgan fingerprint density at radius 1 is 1.21 bits per heavy atom. The van der Waals surface area contributed by atoms with E-state index in [0.29, 0.717) is 6.07 Å². The summed E-state index contributed by atoms with van der Waals surface area (Å²) in [4.78, 5) is 6.48. The van der Waals surface area contributed by atoms with Crippen LogP contribution in [0.4, 0.5) is 14.6 Å². The van der Waals surface area contributed by atoms with Crippen LogP contribution in [-0.4, -0.2) is 18.4 Å². The highest BCUT2D eigenvalue weighted by Gasteiger charge is 2.20. The molecule has 0 spiro atoms. The first-order valence-corrected chi connectivity index (χ1v) is 6.71. The summed E-state index contributed by atoms with van der Waals surface area (Å²) in [6, 6.07) is 3.37. The van der Waals surface area contributed by atoms with E-state index in [1.165, 1.54) is 12.3 Å². The number of nitrogens with zero attached hydrogens (tertiary/aromatic N) is 2. The molecular weight excluding hydrogens is 300 g/mol. The van der Waals surface area contributed by atoms with Crippen molar-refractivity contribution in [3.8, 4) is 0 Å². The minimum Gasteiger partial charge on any atom is -0.263 e. The van der Waals surface area contributed by atoms with Gasteiger partial charge in [-0.3, -0.25) is 4.72 Å². The first kappa shape index (κ1) is 13.6. The minimum absolute atomic E-state index is 0.122. The Labute approximate surface area is 112 Å². The topological polar surface area (TPSA) is 72.0 Å². The van der Waals surface area contributed by atoms with Crippen LogP contribution in [0.2, 0.25) is 5.28 Å². The number of benzene rings is 1. The molecule has 5 nitrogen and oxygen atoms in total. The SMILES string of the molecule is O=S(=O)(Nc1ccnc(Cl)n1)c1ccc(F)cc1F. The fourth-order valence-corrected chi connectivity index (χ4v) is 2.49. The Bertz CT molecular complexity index is 724. The zero-order valence-electron chi connectivity index (χ0n) is 9.14. The second-order valence-electron chi connectivity index (χ2n) is 3.39. The van der Waals surface area contributed by atoms with E-state index in [-0.39, 0.29) is 11.1 Å². The van der Waals surface area contributed by atoms with Crippen LogP contribution in [0.3, 0.4) is 0 Å². The van der Waals surface area contributed by atoms with Crippen molar-refractivity contribution in [3.63, 3.8) is 0 Å². The van der Waals surface area contributed by atoms with Crippen molar-refractivity contribution in [1.29, 1.82) is 0 Å². The van der Waals surface area contributed by atoms with Crippen molar-refractivity contribution in [2.75, 3.05) is 4.72 Å². The van der Waals surface area contributed by atoms with Crippen LogP contribution in [0.5, 0.6) is 0 Å². The molecule has 0 aliphatic heterocycles. The van der Waals surface area contributed by atoms with E-state index >= 15 is 0 Å². The summed E-state index contributed by atoms with van der Waals surface area (Å²) in [5.74, 6) is -2.20. The van der Waals surface area contributed by atoms with E-state index in [2.05, 4.69) is 9.97 Å².